The van der Waals surface area contributed by atoms with Crippen molar-refractivity contribution in [3.8, 4) is 5.75 Å². The molecular weight excluding hydrogens is 410 g/mol. The van der Waals surface area contributed by atoms with E-state index < -0.39 is 0 Å². The second kappa shape index (κ2) is 9.92. The molecule has 0 spiro atoms. The van der Waals surface area contributed by atoms with Crippen molar-refractivity contribution in [1.82, 2.24) is 15.2 Å². The number of para-hydroxylation sites is 2. The SMILES string of the molecule is O=C1[C@@H](Cc2c[nH]c3ccccc23)NCCN1CCc1ccccc1OCc1ccccc1. The van der Waals surface area contributed by atoms with Gasteiger partial charge in [-0.2, -0.15) is 0 Å². The second-order valence-electron chi connectivity index (χ2n) is 8.53. The maximum atomic E-state index is 13.2. The molecule has 0 bridgehead atoms. The minimum absolute atomic E-state index is 0.175. The summed E-state index contributed by atoms with van der Waals surface area (Å²) in [6.07, 6.45) is 3.49. The molecule has 5 heteroatoms. The third kappa shape index (κ3) is 4.94. The molecule has 1 fully saturated rings. The van der Waals surface area contributed by atoms with Crippen molar-refractivity contribution in [2.24, 2.45) is 0 Å². The number of piperazine rings is 1. The third-order valence-corrected chi connectivity index (χ3v) is 6.34. The number of nitrogens with zero attached hydrogens (tertiary/aromatic N) is 1. The number of carbonyl (C=O) groups excluding carboxylic acids is 1. The van der Waals surface area contributed by atoms with E-state index >= 15 is 0 Å². The Balaban J connectivity index is 1.21. The van der Waals surface area contributed by atoms with E-state index in [0.717, 1.165) is 41.9 Å². The molecule has 1 aromatic heterocycles. The maximum absolute atomic E-state index is 13.2. The zero-order chi connectivity index (χ0) is 22.5. The number of benzene rings is 3. The summed E-state index contributed by atoms with van der Waals surface area (Å²) < 4.78 is 6.10. The lowest BCUT2D eigenvalue weighted by molar-refractivity contribution is -0.135. The molecule has 1 saturated heterocycles. The van der Waals surface area contributed by atoms with Crippen LogP contribution in [-0.4, -0.2) is 41.5 Å². The molecule has 1 amide bonds. The first-order valence-electron chi connectivity index (χ1n) is 11.6. The van der Waals surface area contributed by atoms with Crippen LogP contribution in [0.5, 0.6) is 5.75 Å². The highest BCUT2D eigenvalue weighted by atomic mass is 16.5. The number of carbonyl (C=O) groups is 1. The summed E-state index contributed by atoms with van der Waals surface area (Å²) in [5, 5.41) is 4.61. The fourth-order valence-corrected chi connectivity index (χ4v) is 4.54. The van der Waals surface area contributed by atoms with Gasteiger partial charge in [0.25, 0.3) is 0 Å². The highest BCUT2D eigenvalue weighted by Gasteiger charge is 2.29. The van der Waals surface area contributed by atoms with Gasteiger partial charge >= 0.3 is 0 Å². The predicted octanol–water partition coefficient (Wildman–Crippen LogP) is 4.33. The molecule has 2 N–H and O–H groups in total. The molecule has 1 atom stereocenters. The summed E-state index contributed by atoms with van der Waals surface area (Å²) in [6, 6.07) is 26.4. The van der Waals surface area contributed by atoms with E-state index in [-0.39, 0.29) is 11.9 Å². The first-order chi connectivity index (χ1) is 16.3. The van der Waals surface area contributed by atoms with Crippen molar-refractivity contribution in [2.45, 2.75) is 25.5 Å². The number of rotatable bonds is 8. The topological polar surface area (TPSA) is 57.4 Å². The van der Waals surface area contributed by atoms with Crippen molar-refractivity contribution in [3.05, 3.63) is 102 Å². The molecular formula is C28H29N3O2. The average Bonchev–Trinajstić information content (AvgIpc) is 3.27. The molecule has 1 aliphatic heterocycles. The molecule has 0 saturated carbocycles. The summed E-state index contributed by atoms with van der Waals surface area (Å²) in [5.41, 5.74) is 4.57. The van der Waals surface area contributed by atoms with Crippen LogP contribution in [0, 0.1) is 0 Å². The van der Waals surface area contributed by atoms with Crippen LogP contribution in [0.2, 0.25) is 0 Å². The van der Waals surface area contributed by atoms with Gasteiger partial charge < -0.3 is 19.9 Å². The van der Waals surface area contributed by atoms with Crippen LogP contribution in [-0.2, 0) is 24.2 Å². The first-order valence-corrected chi connectivity index (χ1v) is 11.6. The smallest absolute Gasteiger partial charge is 0.240 e. The quantitative estimate of drug-likeness (QED) is 0.430. The standard InChI is InChI=1S/C28H29N3O2/c32-28-26(18-23-19-30-25-12-6-5-11-24(23)25)29-15-17-31(28)16-14-22-10-4-7-13-27(22)33-20-21-8-2-1-3-9-21/h1-13,19,26,29-30H,14-18,20H2/t26-/m1/s1. The normalized spacial score (nSPS) is 16.3. The number of nitrogens with one attached hydrogen (secondary N) is 2. The van der Waals surface area contributed by atoms with Crippen LogP contribution in [0.1, 0.15) is 16.7 Å². The van der Waals surface area contributed by atoms with Crippen LogP contribution in [0.25, 0.3) is 10.9 Å². The van der Waals surface area contributed by atoms with Crippen LogP contribution < -0.4 is 10.1 Å². The Morgan fingerprint density at radius 1 is 0.909 bits per heavy atom. The number of aromatic amines is 1. The van der Waals surface area contributed by atoms with Crippen molar-refractivity contribution in [2.75, 3.05) is 19.6 Å². The van der Waals surface area contributed by atoms with Crippen LogP contribution >= 0.6 is 0 Å². The fourth-order valence-electron chi connectivity index (χ4n) is 4.54. The van der Waals surface area contributed by atoms with Gasteiger partial charge in [-0.05, 0) is 41.7 Å². The van der Waals surface area contributed by atoms with Gasteiger partial charge in [-0.3, -0.25) is 4.79 Å². The lowest BCUT2D eigenvalue weighted by Crippen LogP contribution is -2.56. The highest BCUT2D eigenvalue weighted by Crippen LogP contribution is 2.22. The Morgan fingerprint density at radius 2 is 1.70 bits per heavy atom. The number of ether oxygens (including phenoxy) is 1. The maximum Gasteiger partial charge on any atom is 0.240 e. The lowest BCUT2D eigenvalue weighted by atomic mass is 10.0. The summed E-state index contributed by atoms with van der Waals surface area (Å²) >= 11 is 0. The minimum Gasteiger partial charge on any atom is -0.489 e. The van der Waals surface area contributed by atoms with Crippen molar-refractivity contribution < 1.29 is 9.53 Å². The monoisotopic (exact) mass is 439 g/mol. The number of aromatic nitrogens is 1. The van der Waals surface area contributed by atoms with Gasteiger partial charge in [0.1, 0.15) is 12.4 Å². The van der Waals surface area contributed by atoms with E-state index in [2.05, 4.69) is 40.6 Å². The van der Waals surface area contributed by atoms with Gasteiger partial charge in [-0.1, -0.05) is 66.7 Å². The number of H-pyrrole nitrogens is 1. The largest absolute Gasteiger partial charge is 0.489 e. The van der Waals surface area contributed by atoms with Gasteiger partial charge in [0.15, 0.2) is 0 Å². The highest BCUT2D eigenvalue weighted by molar-refractivity contribution is 5.86. The molecule has 4 aromatic rings. The Hall–Kier alpha value is -3.57. The van der Waals surface area contributed by atoms with Gasteiger partial charge in [-0.15, -0.1) is 0 Å². The minimum atomic E-state index is -0.192. The fraction of sp³-hybridized carbons (Fsp3) is 0.250. The van der Waals surface area contributed by atoms with Crippen LogP contribution in [0.4, 0.5) is 0 Å². The van der Waals surface area contributed by atoms with E-state index in [0.29, 0.717) is 19.6 Å². The number of hydrogen-bond donors (Lipinski definition) is 2. The summed E-state index contributed by atoms with van der Waals surface area (Å²) in [6.45, 7) is 2.77. The summed E-state index contributed by atoms with van der Waals surface area (Å²) in [4.78, 5) is 18.5. The predicted molar refractivity (Wildman–Crippen MR) is 131 cm³/mol. The van der Waals surface area contributed by atoms with Gasteiger partial charge in [-0.25, -0.2) is 0 Å². The molecule has 3 aromatic carbocycles. The third-order valence-electron chi connectivity index (χ3n) is 6.34. The van der Waals surface area contributed by atoms with E-state index in [1.807, 2.05) is 59.6 Å². The molecule has 33 heavy (non-hydrogen) atoms. The number of hydrogen-bond acceptors (Lipinski definition) is 3. The first kappa shape index (κ1) is 21.3. The molecule has 0 unspecified atom stereocenters. The number of fused-ring (bicyclic) bond motifs is 1. The zero-order valence-electron chi connectivity index (χ0n) is 18.7. The van der Waals surface area contributed by atoms with E-state index in [4.69, 9.17) is 4.74 Å². The molecule has 1 aliphatic rings. The molecule has 168 valence electrons. The van der Waals surface area contributed by atoms with E-state index in [1.54, 1.807) is 0 Å². The van der Waals surface area contributed by atoms with Crippen LogP contribution in [0.15, 0.2) is 85.1 Å². The van der Waals surface area contributed by atoms with Gasteiger partial charge in [0.05, 0.1) is 6.04 Å². The number of amides is 1. The Labute approximate surface area is 194 Å². The van der Waals surface area contributed by atoms with Gasteiger partial charge in [0.2, 0.25) is 5.91 Å². The molecule has 0 radical (unpaired) electrons. The van der Waals surface area contributed by atoms with E-state index in [9.17, 15) is 4.79 Å². The molecule has 2 heterocycles. The van der Waals surface area contributed by atoms with Gasteiger partial charge in [0, 0.05) is 36.7 Å². The molecule has 0 aliphatic carbocycles. The summed E-state index contributed by atoms with van der Waals surface area (Å²) in [7, 11) is 0. The van der Waals surface area contributed by atoms with Crippen molar-refractivity contribution >= 4 is 16.8 Å². The molecule has 5 nitrogen and oxygen atoms in total. The Morgan fingerprint density at radius 3 is 2.61 bits per heavy atom. The zero-order valence-corrected chi connectivity index (χ0v) is 18.7. The summed E-state index contributed by atoms with van der Waals surface area (Å²) in [5.74, 6) is 1.06. The second-order valence-corrected chi connectivity index (χ2v) is 8.53. The Bertz CT molecular complexity index is 1220. The van der Waals surface area contributed by atoms with Crippen molar-refractivity contribution in [3.63, 3.8) is 0 Å². The van der Waals surface area contributed by atoms with Crippen molar-refractivity contribution in [1.29, 1.82) is 0 Å². The molecule has 5 rings (SSSR count). The van der Waals surface area contributed by atoms with Crippen LogP contribution in [0.3, 0.4) is 0 Å². The van der Waals surface area contributed by atoms with E-state index in [1.165, 1.54) is 10.9 Å². The lowest BCUT2D eigenvalue weighted by Gasteiger charge is -2.33. The Kier molecular flexibility index (Phi) is 6.40. The average molecular weight is 440 g/mol.